The van der Waals surface area contributed by atoms with Gasteiger partial charge in [-0.05, 0) is 50.3 Å². The summed E-state index contributed by atoms with van der Waals surface area (Å²) in [5.41, 5.74) is 3.52. The van der Waals surface area contributed by atoms with Crippen molar-refractivity contribution in [1.29, 1.82) is 0 Å². The molecule has 1 aromatic carbocycles. The fourth-order valence-corrected chi connectivity index (χ4v) is 4.65. The second kappa shape index (κ2) is 7.84. The molecule has 2 heterocycles. The van der Waals surface area contributed by atoms with Gasteiger partial charge >= 0.3 is 0 Å². The summed E-state index contributed by atoms with van der Waals surface area (Å²) in [4.78, 5) is 22.3. The van der Waals surface area contributed by atoms with Gasteiger partial charge in [0.25, 0.3) is 5.56 Å². The number of rotatable bonds is 5. The lowest BCUT2D eigenvalue weighted by atomic mass is 9.78. The molecule has 1 fully saturated rings. The van der Waals surface area contributed by atoms with Gasteiger partial charge in [-0.25, -0.2) is 9.97 Å². The molecule has 1 aliphatic carbocycles. The highest BCUT2D eigenvalue weighted by atomic mass is 35.5. The van der Waals surface area contributed by atoms with Gasteiger partial charge in [-0.2, -0.15) is 0 Å². The fraction of sp³-hybridized carbons (Fsp3) is 0.409. The van der Waals surface area contributed by atoms with Crippen LogP contribution in [0.1, 0.15) is 50.8 Å². The third-order valence-electron chi connectivity index (χ3n) is 5.77. The van der Waals surface area contributed by atoms with Crippen LogP contribution in [0.3, 0.4) is 0 Å². The van der Waals surface area contributed by atoms with Crippen molar-refractivity contribution in [3.63, 3.8) is 0 Å². The van der Waals surface area contributed by atoms with E-state index in [0.29, 0.717) is 32.8 Å². The molecule has 0 aliphatic heterocycles. The summed E-state index contributed by atoms with van der Waals surface area (Å²) in [6, 6.07) is 7.49. The summed E-state index contributed by atoms with van der Waals surface area (Å²) >= 11 is 12.5. The number of halogens is 2. The molecule has 6 heteroatoms. The second-order valence-electron chi connectivity index (χ2n) is 7.57. The van der Waals surface area contributed by atoms with Crippen molar-refractivity contribution in [3.8, 4) is 11.1 Å². The first-order valence-corrected chi connectivity index (χ1v) is 10.6. The predicted molar refractivity (Wildman–Crippen MR) is 115 cm³/mol. The Morgan fingerprint density at radius 2 is 2.00 bits per heavy atom. The van der Waals surface area contributed by atoms with Crippen LogP contribution >= 0.6 is 23.2 Å². The zero-order valence-electron chi connectivity index (χ0n) is 16.1. The second-order valence-corrected chi connectivity index (χ2v) is 8.42. The van der Waals surface area contributed by atoms with E-state index in [2.05, 4.69) is 16.9 Å². The zero-order valence-corrected chi connectivity index (χ0v) is 17.6. The van der Waals surface area contributed by atoms with Crippen LogP contribution in [-0.2, 0) is 0 Å². The van der Waals surface area contributed by atoms with Gasteiger partial charge in [-0.15, -0.1) is 0 Å². The summed E-state index contributed by atoms with van der Waals surface area (Å²) < 4.78 is 1.90. The van der Waals surface area contributed by atoms with Gasteiger partial charge in [-0.1, -0.05) is 49.0 Å². The van der Waals surface area contributed by atoms with E-state index in [4.69, 9.17) is 23.2 Å². The number of hydrogen-bond acceptors (Lipinski definition) is 3. The van der Waals surface area contributed by atoms with Gasteiger partial charge in [0.1, 0.15) is 11.2 Å². The molecule has 0 saturated heterocycles. The fourth-order valence-electron chi connectivity index (χ4n) is 4.14. The Labute approximate surface area is 174 Å². The lowest BCUT2D eigenvalue weighted by Gasteiger charge is -2.35. The lowest BCUT2D eigenvalue weighted by Crippen LogP contribution is -2.35. The number of pyridine rings is 1. The van der Waals surface area contributed by atoms with Crippen LogP contribution in [0.4, 0.5) is 0 Å². The third-order valence-corrected chi connectivity index (χ3v) is 6.32. The molecule has 0 bridgehead atoms. The molecule has 0 unspecified atom stereocenters. The molecule has 3 aromatic rings. The minimum absolute atomic E-state index is 0.0373. The topological polar surface area (TPSA) is 47.8 Å². The van der Waals surface area contributed by atoms with Gasteiger partial charge < -0.3 is 0 Å². The smallest absolute Gasteiger partial charge is 0.273 e. The SMILES string of the molecule is CCC[C@H](C1CCC1)n1c(=O)c(C)nc2c(-c3ccc(Cl)cc3Cl)ccnc21. The first-order chi connectivity index (χ1) is 13.5. The average molecular weight is 416 g/mol. The lowest BCUT2D eigenvalue weighted by molar-refractivity contribution is 0.197. The third kappa shape index (κ3) is 3.33. The summed E-state index contributed by atoms with van der Waals surface area (Å²) in [6.07, 6.45) is 7.31. The van der Waals surface area contributed by atoms with Crippen LogP contribution in [0.2, 0.25) is 10.0 Å². The molecule has 0 amide bonds. The maximum Gasteiger partial charge on any atom is 0.273 e. The van der Waals surface area contributed by atoms with E-state index < -0.39 is 0 Å². The van der Waals surface area contributed by atoms with Crippen LogP contribution < -0.4 is 5.56 Å². The first-order valence-electron chi connectivity index (χ1n) is 9.84. The molecule has 0 N–H and O–H groups in total. The Morgan fingerprint density at radius 3 is 2.64 bits per heavy atom. The molecule has 1 saturated carbocycles. The molecule has 146 valence electrons. The van der Waals surface area contributed by atoms with Crippen LogP contribution in [0.5, 0.6) is 0 Å². The highest BCUT2D eigenvalue weighted by molar-refractivity contribution is 6.36. The molecular formula is C22H23Cl2N3O. The number of fused-ring (bicyclic) bond motifs is 1. The van der Waals surface area contributed by atoms with Crippen LogP contribution in [0.15, 0.2) is 35.3 Å². The van der Waals surface area contributed by atoms with Crippen molar-refractivity contribution >= 4 is 34.4 Å². The van der Waals surface area contributed by atoms with E-state index >= 15 is 0 Å². The zero-order chi connectivity index (χ0) is 19.8. The number of hydrogen-bond donors (Lipinski definition) is 0. The molecule has 0 spiro atoms. The van der Waals surface area contributed by atoms with E-state index in [1.54, 1.807) is 19.2 Å². The molecule has 1 atom stereocenters. The number of benzene rings is 1. The Bertz CT molecular complexity index is 1090. The van der Waals surface area contributed by atoms with Crippen molar-refractivity contribution in [2.24, 2.45) is 5.92 Å². The molecular weight excluding hydrogens is 393 g/mol. The maximum absolute atomic E-state index is 13.1. The van der Waals surface area contributed by atoms with Crippen molar-refractivity contribution in [1.82, 2.24) is 14.5 Å². The summed E-state index contributed by atoms with van der Waals surface area (Å²) in [6.45, 7) is 3.95. The standard InChI is InChI=1S/C22H23Cl2N3O/c1-3-5-19(14-6-4-7-14)27-21-20(26-13(2)22(27)28)17(10-11-25-21)16-9-8-15(23)12-18(16)24/h8-12,14,19H,3-7H2,1-2H3/t19-/m1/s1. The maximum atomic E-state index is 13.1. The number of aryl methyl sites for hydroxylation is 1. The van der Waals surface area contributed by atoms with E-state index in [1.807, 2.05) is 22.8 Å². The summed E-state index contributed by atoms with van der Waals surface area (Å²) in [5.74, 6) is 0.534. The minimum Gasteiger partial charge on any atom is -0.286 e. The van der Waals surface area contributed by atoms with Crippen molar-refractivity contribution in [2.75, 3.05) is 0 Å². The Hall–Kier alpha value is -1.91. The molecule has 28 heavy (non-hydrogen) atoms. The largest absolute Gasteiger partial charge is 0.286 e. The molecule has 0 radical (unpaired) electrons. The monoisotopic (exact) mass is 415 g/mol. The Kier molecular flexibility index (Phi) is 5.44. The van der Waals surface area contributed by atoms with E-state index in [-0.39, 0.29) is 11.6 Å². The van der Waals surface area contributed by atoms with Gasteiger partial charge in [0, 0.05) is 33.4 Å². The van der Waals surface area contributed by atoms with Gasteiger partial charge in [0.2, 0.25) is 0 Å². The van der Waals surface area contributed by atoms with Crippen LogP contribution in [-0.4, -0.2) is 14.5 Å². The average Bonchev–Trinajstić information content (AvgIpc) is 2.61. The van der Waals surface area contributed by atoms with Crippen molar-refractivity contribution in [2.45, 2.75) is 52.0 Å². The molecule has 4 rings (SSSR count). The van der Waals surface area contributed by atoms with E-state index in [1.165, 1.54) is 19.3 Å². The van der Waals surface area contributed by atoms with Gasteiger partial charge in [0.15, 0.2) is 5.65 Å². The highest BCUT2D eigenvalue weighted by Gasteiger charge is 2.31. The predicted octanol–water partition coefficient (Wildman–Crippen LogP) is 6.22. The molecule has 2 aromatic heterocycles. The minimum atomic E-state index is -0.0373. The Morgan fingerprint density at radius 1 is 1.21 bits per heavy atom. The highest BCUT2D eigenvalue weighted by Crippen LogP contribution is 2.40. The normalized spacial score (nSPS) is 15.6. The quantitative estimate of drug-likeness (QED) is 0.497. The van der Waals surface area contributed by atoms with E-state index in [0.717, 1.165) is 24.0 Å². The number of nitrogens with zero attached hydrogens (tertiary/aromatic N) is 3. The first kappa shape index (κ1) is 19.4. The van der Waals surface area contributed by atoms with Gasteiger partial charge in [0.05, 0.1) is 0 Å². The molecule has 4 nitrogen and oxygen atoms in total. The summed E-state index contributed by atoms with van der Waals surface area (Å²) in [5, 5.41) is 1.14. The van der Waals surface area contributed by atoms with Crippen LogP contribution in [0, 0.1) is 12.8 Å². The van der Waals surface area contributed by atoms with E-state index in [9.17, 15) is 4.79 Å². The number of aromatic nitrogens is 3. The molecule has 1 aliphatic rings. The summed E-state index contributed by atoms with van der Waals surface area (Å²) in [7, 11) is 0. The van der Waals surface area contributed by atoms with Crippen molar-refractivity contribution in [3.05, 3.63) is 56.6 Å². The van der Waals surface area contributed by atoms with Crippen molar-refractivity contribution < 1.29 is 0 Å². The Balaban J connectivity index is 1.99. The van der Waals surface area contributed by atoms with Crippen LogP contribution in [0.25, 0.3) is 22.3 Å². The van der Waals surface area contributed by atoms with Gasteiger partial charge in [-0.3, -0.25) is 9.36 Å².